The highest BCUT2D eigenvalue weighted by molar-refractivity contribution is 5.80. The van der Waals surface area contributed by atoms with Gasteiger partial charge >= 0.3 is 5.97 Å². The number of hydrogen-bond donors (Lipinski definition) is 2. The number of imidazole rings is 1. The molecule has 16 heavy (non-hydrogen) atoms. The summed E-state index contributed by atoms with van der Waals surface area (Å²) in [4.78, 5) is 15.5. The number of carboxylic acids is 1. The van der Waals surface area contributed by atoms with Crippen molar-refractivity contribution in [2.45, 2.75) is 37.2 Å². The highest BCUT2D eigenvalue weighted by atomic mass is 16.4. The predicted octanol–water partition coefficient (Wildman–Crippen LogP) is 0.677. The average Bonchev–Trinajstić information content (AvgIpc) is 2.66. The molecule has 1 saturated carbocycles. The summed E-state index contributed by atoms with van der Waals surface area (Å²) in [5.41, 5.74) is -0.142. The first-order valence-corrected chi connectivity index (χ1v) is 5.44. The Morgan fingerprint density at radius 3 is 2.62 bits per heavy atom. The van der Waals surface area contributed by atoms with Crippen molar-refractivity contribution >= 4 is 5.97 Å². The van der Waals surface area contributed by atoms with Crippen LogP contribution in [-0.4, -0.2) is 31.8 Å². The average molecular weight is 224 g/mol. The van der Waals surface area contributed by atoms with Crippen molar-refractivity contribution in [2.24, 2.45) is 7.05 Å². The van der Waals surface area contributed by atoms with Gasteiger partial charge in [-0.25, -0.2) is 4.98 Å². The summed E-state index contributed by atoms with van der Waals surface area (Å²) in [5, 5.41) is 18.9. The SMILES string of the molecule is Cn1cncc1C1(C(=O)O)CCC(O)CC1. The Balaban J connectivity index is 2.37. The third kappa shape index (κ3) is 1.61. The lowest BCUT2D eigenvalue weighted by atomic mass is 9.71. The van der Waals surface area contributed by atoms with E-state index in [1.54, 1.807) is 24.1 Å². The van der Waals surface area contributed by atoms with E-state index in [1.165, 1.54) is 0 Å². The molecule has 1 fully saturated rings. The van der Waals surface area contributed by atoms with E-state index in [9.17, 15) is 15.0 Å². The van der Waals surface area contributed by atoms with Crippen LogP contribution in [0.15, 0.2) is 12.5 Å². The summed E-state index contributed by atoms with van der Waals surface area (Å²) in [7, 11) is 1.80. The van der Waals surface area contributed by atoms with Crippen LogP contribution in [0.5, 0.6) is 0 Å². The van der Waals surface area contributed by atoms with Gasteiger partial charge in [-0.3, -0.25) is 4.79 Å². The van der Waals surface area contributed by atoms with Crippen molar-refractivity contribution in [1.29, 1.82) is 0 Å². The standard InChI is InChI=1S/C11H16N2O3/c1-13-7-12-6-9(13)11(10(15)16)4-2-8(14)3-5-11/h6-8,14H,2-5H2,1H3,(H,15,16). The van der Waals surface area contributed by atoms with Crippen molar-refractivity contribution in [2.75, 3.05) is 0 Å². The van der Waals surface area contributed by atoms with Crippen molar-refractivity contribution in [3.8, 4) is 0 Å². The van der Waals surface area contributed by atoms with Crippen molar-refractivity contribution < 1.29 is 15.0 Å². The first-order chi connectivity index (χ1) is 7.56. The molecular weight excluding hydrogens is 208 g/mol. The number of aliphatic hydroxyl groups excluding tert-OH is 1. The van der Waals surface area contributed by atoms with Crippen LogP contribution in [0.3, 0.4) is 0 Å². The number of hydrogen-bond acceptors (Lipinski definition) is 3. The van der Waals surface area contributed by atoms with Crippen LogP contribution < -0.4 is 0 Å². The van der Waals surface area contributed by atoms with Gasteiger partial charge in [0, 0.05) is 13.2 Å². The van der Waals surface area contributed by atoms with E-state index in [4.69, 9.17) is 0 Å². The quantitative estimate of drug-likeness (QED) is 0.774. The monoisotopic (exact) mass is 224 g/mol. The van der Waals surface area contributed by atoms with Crippen LogP contribution in [0.25, 0.3) is 0 Å². The predicted molar refractivity (Wildman–Crippen MR) is 57.0 cm³/mol. The lowest BCUT2D eigenvalue weighted by molar-refractivity contribution is -0.146. The first kappa shape index (κ1) is 11.1. The molecule has 1 aromatic rings. The second kappa shape index (κ2) is 3.90. The molecular formula is C11H16N2O3. The molecule has 0 aromatic carbocycles. The van der Waals surface area contributed by atoms with E-state index < -0.39 is 11.4 Å². The minimum atomic E-state index is -0.871. The molecule has 1 aromatic heterocycles. The molecule has 0 spiro atoms. The summed E-state index contributed by atoms with van der Waals surface area (Å²) in [6.07, 6.45) is 4.90. The van der Waals surface area contributed by atoms with Crippen LogP contribution >= 0.6 is 0 Å². The van der Waals surface area contributed by atoms with Crippen LogP contribution in [0.4, 0.5) is 0 Å². The molecule has 2 rings (SSSR count). The largest absolute Gasteiger partial charge is 0.481 e. The molecule has 0 saturated heterocycles. The highest BCUT2D eigenvalue weighted by Crippen LogP contribution is 2.39. The van der Waals surface area contributed by atoms with Gasteiger partial charge in [0.2, 0.25) is 0 Å². The molecule has 0 bridgehead atoms. The van der Waals surface area contributed by atoms with Crippen LogP contribution in [-0.2, 0) is 17.3 Å². The zero-order valence-electron chi connectivity index (χ0n) is 9.26. The van der Waals surface area contributed by atoms with Gasteiger partial charge in [0.25, 0.3) is 0 Å². The highest BCUT2D eigenvalue weighted by Gasteiger charge is 2.45. The van der Waals surface area contributed by atoms with Crippen molar-refractivity contribution in [1.82, 2.24) is 9.55 Å². The van der Waals surface area contributed by atoms with E-state index >= 15 is 0 Å². The van der Waals surface area contributed by atoms with E-state index in [0.717, 1.165) is 5.69 Å². The first-order valence-electron chi connectivity index (χ1n) is 5.44. The lowest BCUT2D eigenvalue weighted by Gasteiger charge is -2.35. The van der Waals surface area contributed by atoms with Gasteiger partial charge in [0.15, 0.2) is 0 Å². The topological polar surface area (TPSA) is 75.4 Å². The number of aromatic nitrogens is 2. The van der Waals surface area contributed by atoms with Gasteiger partial charge in [-0.1, -0.05) is 0 Å². The second-order valence-electron chi connectivity index (χ2n) is 4.51. The van der Waals surface area contributed by atoms with E-state index in [1.807, 2.05) is 0 Å². The third-order valence-corrected chi connectivity index (χ3v) is 3.53. The fourth-order valence-electron chi connectivity index (χ4n) is 2.49. The van der Waals surface area contributed by atoms with Crippen molar-refractivity contribution in [3.63, 3.8) is 0 Å². The summed E-state index contributed by atoms with van der Waals surface area (Å²) < 4.78 is 1.76. The van der Waals surface area contributed by atoms with Crippen LogP contribution in [0.2, 0.25) is 0 Å². The maximum absolute atomic E-state index is 11.5. The fourth-order valence-corrected chi connectivity index (χ4v) is 2.49. The van der Waals surface area contributed by atoms with Gasteiger partial charge < -0.3 is 14.8 Å². The normalized spacial score (nSPS) is 30.2. The number of aryl methyl sites for hydroxylation is 1. The zero-order chi connectivity index (χ0) is 11.8. The third-order valence-electron chi connectivity index (χ3n) is 3.53. The molecule has 0 radical (unpaired) electrons. The number of nitrogens with zero attached hydrogens (tertiary/aromatic N) is 2. The molecule has 0 atom stereocenters. The molecule has 0 amide bonds. The fraction of sp³-hybridized carbons (Fsp3) is 0.636. The Morgan fingerprint density at radius 2 is 2.19 bits per heavy atom. The zero-order valence-corrected chi connectivity index (χ0v) is 9.26. The summed E-state index contributed by atoms with van der Waals surface area (Å²) >= 11 is 0. The van der Waals surface area contributed by atoms with Crippen LogP contribution in [0, 0.1) is 0 Å². The maximum Gasteiger partial charge on any atom is 0.315 e. The van der Waals surface area contributed by atoms with Gasteiger partial charge in [-0.15, -0.1) is 0 Å². The Morgan fingerprint density at radius 1 is 1.56 bits per heavy atom. The summed E-state index contributed by atoms with van der Waals surface area (Å²) in [6.45, 7) is 0. The minimum absolute atomic E-state index is 0.360. The van der Waals surface area contributed by atoms with Crippen LogP contribution in [0.1, 0.15) is 31.4 Å². The second-order valence-corrected chi connectivity index (χ2v) is 4.51. The van der Waals surface area contributed by atoms with Gasteiger partial charge in [-0.2, -0.15) is 0 Å². The number of rotatable bonds is 2. The van der Waals surface area contributed by atoms with Gasteiger partial charge in [0.1, 0.15) is 5.41 Å². The van der Waals surface area contributed by atoms with E-state index in [0.29, 0.717) is 25.7 Å². The van der Waals surface area contributed by atoms with Crippen molar-refractivity contribution in [3.05, 3.63) is 18.2 Å². The Kier molecular flexibility index (Phi) is 2.71. The number of carboxylic acid groups (broad SMARTS) is 1. The lowest BCUT2D eigenvalue weighted by Crippen LogP contribution is -2.42. The smallest absolute Gasteiger partial charge is 0.315 e. The molecule has 1 heterocycles. The Bertz CT molecular complexity index is 392. The Labute approximate surface area is 93.7 Å². The number of carbonyl (C=O) groups is 1. The van der Waals surface area contributed by atoms with Gasteiger partial charge in [-0.05, 0) is 25.7 Å². The molecule has 2 N–H and O–H groups in total. The van der Waals surface area contributed by atoms with E-state index in [-0.39, 0.29) is 6.10 Å². The summed E-state index contributed by atoms with van der Waals surface area (Å²) in [6, 6.07) is 0. The molecule has 1 aliphatic carbocycles. The molecule has 5 heteroatoms. The number of aliphatic hydroxyl groups is 1. The number of aliphatic carboxylic acids is 1. The molecule has 88 valence electrons. The molecule has 1 aliphatic rings. The minimum Gasteiger partial charge on any atom is -0.481 e. The summed E-state index contributed by atoms with van der Waals surface area (Å²) in [5.74, 6) is -0.817. The van der Waals surface area contributed by atoms with Gasteiger partial charge in [0.05, 0.1) is 18.1 Å². The van der Waals surface area contributed by atoms with E-state index in [2.05, 4.69) is 4.98 Å². The molecule has 0 unspecified atom stereocenters. The molecule has 5 nitrogen and oxygen atoms in total. The maximum atomic E-state index is 11.5. The Hall–Kier alpha value is -1.36. The molecule has 0 aliphatic heterocycles.